The lowest BCUT2D eigenvalue weighted by Crippen LogP contribution is -2.68. The predicted molar refractivity (Wildman–Crippen MR) is 177 cm³/mol. The maximum atomic E-state index is 11.4. The zero-order valence-electron chi connectivity index (χ0n) is 27.3. The van der Waals surface area contributed by atoms with Crippen LogP contribution in [-0.2, 0) is 37.0 Å². The van der Waals surface area contributed by atoms with Gasteiger partial charge in [0.2, 0.25) is 0 Å². The fourth-order valence-corrected chi connectivity index (χ4v) is 6.04. The van der Waals surface area contributed by atoms with Crippen LogP contribution in [0.3, 0.4) is 0 Å². The number of alkyl halides is 3. The smallest absolute Gasteiger partial charge is 0.475 e. The SMILES string of the molecule is NC[C@H]1O[C@H](O[C@H]2[C@H](O)[C@@H](OCc3ccc4ccccc4n3)[C@H](N)C[C@@H]2N)[C@H](N)[C@@H](OCc2ccc3ccccc3n2)[C@@H]1O.O=C(O)C(F)(F)F. The molecular formula is C34H41F3N6O8. The van der Waals surface area contributed by atoms with Crippen LogP contribution in [0, 0.1) is 0 Å². The van der Waals surface area contributed by atoms with Gasteiger partial charge < -0.3 is 57.2 Å². The molecule has 10 atom stereocenters. The summed E-state index contributed by atoms with van der Waals surface area (Å²) in [6, 6.07) is 21.1. The number of halogens is 3. The van der Waals surface area contributed by atoms with E-state index in [0.717, 1.165) is 21.8 Å². The number of para-hydroxylation sites is 2. The number of nitrogens with zero attached hydrogens (tertiary/aromatic N) is 2. The van der Waals surface area contributed by atoms with Crippen molar-refractivity contribution in [3.8, 4) is 0 Å². The van der Waals surface area contributed by atoms with Gasteiger partial charge in [-0.05, 0) is 30.7 Å². The monoisotopic (exact) mass is 718 g/mol. The van der Waals surface area contributed by atoms with E-state index in [1.165, 1.54) is 0 Å². The lowest BCUT2D eigenvalue weighted by atomic mass is 9.84. The third kappa shape index (κ3) is 9.32. The van der Waals surface area contributed by atoms with E-state index in [1.54, 1.807) is 0 Å². The van der Waals surface area contributed by atoms with Gasteiger partial charge in [-0.15, -0.1) is 0 Å². The fourth-order valence-electron chi connectivity index (χ4n) is 6.04. The number of nitrogens with two attached hydrogens (primary N) is 4. The first kappa shape index (κ1) is 38.4. The van der Waals surface area contributed by atoms with Crippen LogP contribution in [0.1, 0.15) is 17.8 Å². The van der Waals surface area contributed by atoms with Gasteiger partial charge in [0.25, 0.3) is 0 Å². The van der Waals surface area contributed by atoms with Crippen molar-refractivity contribution in [2.75, 3.05) is 6.54 Å². The van der Waals surface area contributed by atoms with E-state index >= 15 is 0 Å². The second kappa shape index (κ2) is 16.6. The number of aliphatic hydroxyl groups is 2. The summed E-state index contributed by atoms with van der Waals surface area (Å²) in [5, 5.41) is 31.5. The Hall–Kier alpha value is -3.88. The van der Waals surface area contributed by atoms with Crippen molar-refractivity contribution in [2.45, 2.75) is 86.9 Å². The summed E-state index contributed by atoms with van der Waals surface area (Å²) >= 11 is 0. The molecule has 0 amide bonds. The molecule has 11 N–H and O–H groups in total. The van der Waals surface area contributed by atoms with E-state index in [1.807, 2.05) is 72.8 Å². The normalized spacial score (nSPS) is 29.7. The molecule has 4 aromatic rings. The molecule has 3 heterocycles. The summed E-state index contributed by atoms with van der Waals surface area (Å²) in [5.41, 5.74) is 28.3. The van der Waals surface area contributed by atoms with Crippen molar-refractivity contribution < 1.29 is 52.2 Å². The molecule has 0 spiro atoms. The molecule has 1 aliphatic heterocycles. The number of aliphatic carboxylic acids is 1. The Morgan fingerprint density at radius 3 is 1.78 bits per heavy atom. The van der Waals surface area contributed by atoms with Crippen LogP contribution in [0.25, 0.3) is 21.8 Å². The molecule has 2 aliphatic rings. The average Bonchev–Trinajstić information content (AvgIpc) is 3.10. The van der Waals surface area contributed by atoms with Gasteiger partial charge >= 0.3 is 12.1 Å². The third-order valence-corrected chi connectivity index (χ3v) is 8.71. The fraction of sp³-hybridized carbons (Fsp3) is 0.441. The summed E-state index contributed by atoms with van der Waals surface area (Å²) < 4.78 is 56.1. The Kier molecular flexibility index (Phi) is 12.5. The Morgan fingerprint density at radius 1 is 0.784 bits per heavy atom. The molecular weight excluding hydrogens is 677 g/mol. The number of carboxylic acid groups (broad SMARTS) is 1. The Labute approximate surface area is 290 Å². The topological polar surface area (TPSA) is 245 Å². The van der Waals surface area contributed by atoms with Crippen LogP contribution in [0.5, 0.6) is 0 Å². The zero-order valence-corrected chi connectivity index (χ0v) is 27.3. The standard InChI is InChI=1S/C32H40N6O6.C2HF3O2/c33-14-25-27(39)31(42-16-20-12-10-18-6-2-4-8-24(18)38-20)26(36)32(43-25)44-30-22(35)13-21(34)29(28(30)40)41-15-19-11-9-17-5-1-3-7-23(17)37-19;3-2(4,5)1(6)7/h1-12,21-22,25-32,39-40H,13-16,33-36H2;(H,6,7)/t21-,22+,25-,26-,27-,28-,29+,30-,31-,32-;/m1./s1. The van der Waals surface area contributed by atoms with Crippen molar-refractivity contribution in [1.29, 1.82) is 0 Å². The number of pyridine rings is 2. The predicted octanol–water partition coefficient (Wildman–Crippen LogP) is 1.06. The summed E-state index contributed by atoms with van der Waals surface area (Å²) in [7, 11) is 0. The maximum Gasteiger partial charge on any atom is 0.490 e. The Morgan fingerprint density at radius 2 is 1.27 bits per heavy atom. The molecule has 0 bridgehead atoms. The number of carboxylic acids is 1. The molecule has 1 aliphatic carbocycles. The van der Waals surface area contributed by atoms with Gasteiger partial charge in [0.05, 0.1) is 41.7 Å². The van der Waals surface area contributed by atoms with Gasteiger partial charge in [-0.25, -0.2) is 4.79 Å². The molecule has 2 fully saturated rings. The van der Waals surface area contributed by atoms with E-state index < -0.39 is 73.2 Å². The summed E-state index contributed by atoms with van der Waals surface area (Å²) in [6.45, 7) is 0.238. The minimum atomic E-state index is -5.08. The minimum absolute atomic E-state index is 0.00350. The quantitative estimate of drug-likeness (QED) is 0.128. The largest absolute Gasteiger partial charge is 0.490 e. The molecule has 0 unspecified atom stereocenters. The van der Waals surface area contributed by atoms with E-state index in [0.29, 0.717) is 17.8 Å². The van der Waals surface area contributed by atoms with Crippen LogP contribution in [0.2, 0.25) is 0 Å². The Balaban J connectivity index is 0.000000654. The number of fused-ring (bicyclic) bond motifs is 2. The Bertz CT molecular complexity index is 1770. The van der Waals surface area contributed by atoms with Gasteiger partial charge in [-0.1, -0.05) is 48.5 Å². The van der Waals surface area contributed by atoms with Gasteiger partial charge in [-0.2, -0.15) is 13.2 Å². The number of ether oxygens (including phenoxy) is 4. The van der Waals surface area contributed by atoms with Crippen molar-refractivity contribution in [3.63, 3.8) is 0 Å². The molecule has 14 nitrogen and oxygen atoms in total. The summed E-state index contributed by atoms with van der Waals surface area (Å²) in [4.78, 5) is 18.2. The van der Waals surface area contributed by atoms with Crippen LogP contribution in [0.4, 0.5) is 13.2 Å². The number of rotatable bonds is 9. The highest BCUT2D eigenvalue weighted by atomic mass is 19.4. The summed E-state index contributed by atoms with van der Waals surface area (Å²) in [6.07, 6.45) is -11.5. The van der Waals surface area contributed by atoms with E-state index in [9.17, 15) is 23.4 Å². The first-order chi connectivity index (χ1) is 24.3. The molecule has 2 aromatic heterocycles. The molecule has 51 heavy (non-hydrogen) atoms. The summed E-state index contributed by atoms with van der Waals surface area (Å²) in [5.74, 6) is -2.76. The molecule has 1 saturated carbocycles. The van der Waals surface area contributed by atoms with Gasteiger partial charge in [0, 0.05) is 29.4 Å². The molecule has 6 rings (SSSR count). The number of hydrogen-bond acceptors (Lipinski definition) is 13. The maximum absolute atomic E-state index is 11.4. The van der Waals surface area contributed by atoms with E-state index in [-0.39, 0.29) is 19.8 Å². The van der Waals surface area contributed by atoms with Crippen molar-refractivity contribution >= 4 is 27.8 Å². The first-order valence-corrected chi connectivity index (χ1v) is 16.1. The van der Waals surface area contributed by atoms with Gasteiger partial charge in [-0.3, -0.25) is 9.97 Å². The molecule has 1 saturated heterocycles. The zero-order chi connectivity index (χ0) is 36.9. The molecule has 2 aromatic carbocycles. The average molecular weight is 719 g/mol. The van der Waals surface area contributed by atoms with Crippen LogP contribution >= 0.6 is 0 Å². The van der Waals surface area contributed by atoms with Crippen LogP contribution in [0.15, 0.2) is 72.8 Å². The molecule has 0 radical (unpaired) electrons. The highest BCUT2D eigenvalue weighted by Crippen LogP contribution is 2.30. The minimum Gasteiger partial charge on any atom is -0.475 e. The number of hydrogen-bond donors (Lipinski definition) is 7. The number of benzene rings is 2. The molecule has 276 valence electrons. The highest BCUT2D eigenvalue weighted by Gasteiger charge is 2.49. The highest BCUT2D eigenvalue weighted by molar-refractivity contribution is 5.79. The van der Waals surface area contributed by atoms with Crippen molar-refractivity contribution in [1.82, 2.24) is 9.97 Å². The molecule has 17 heteroatoms. The van der Waals surface area contributed by atoms with Crippen LogP contribution < -0.4 is 22.9 Å². The third-order valence-electron chi connectivity index (χ3n) is 8.71. The van der Waals surface area contributed by atoms with Crippen molar-refractivity contribution in [2.24, 2.45) is 22.9 Å². The van der Waals surface area contributed by atoms with Crippen LogP contribution in [-0.4, -0.2) is 105 Å². The second-order valence-electron chi connectivity index (χ2n) is 12.3. The number of aliphatic hydroxyl groups excluding tert-OH is 2. The number of aromatic nitrogens is 2. The second-order valence-corrected chi connectivity index (χ2v) is 12.3. The van der Waals surface area contributed by atoms with Gasteiger partial charge in [0.1, 0.15) is 36.6 Å². The van der Waals surface area contributed by atoms with Gasteiger partial charge in [0.15, 0.2) is 6.29 Å². The van der Waals surface area contributed by atoms with E-state index in [2.05, 4.69) is 9.97 Å². The van der Waals surface area contributed by atoms with Crippen molar-refractivity contribution in [3.05, 3.63) is 84.2 Å². The van der Waals surface area contributed by atoms with E-state index in [4.69, 9.17) is 51.8 Å². The lowest BCUT2D eigenvalue weighted by Gasteiger charge is -2.47. The number of carbonyl (C=O) groups is 1. The first-order valence-electron chi connectivity index (χ1n) is 16.1. The lowest BCUT2D eigenvalue weighted by molar-refractivity contribution is -0.295.